The van der Waals surface area contributed by atoms with Gasteiger partial charge in [-0.15, -0.1) is 0 Å². The van der Waals surface area contributed by atoms with Crippen molar-refractivity contribution in [1.82, 2.24) is 4.90 Å². The number of likely N-dealkylation sites (tertiary alicyclic amines) is 1. The Morgan fingerprint density at radius 1 is 0.958 bits per heavy atom. The van der Waals surface area contributed by atoms with Crippen molar-refractivity contribution < 1.29 is 17.9 Å². The molecule has 0 aromatic heterocycles. The minimum atomic E-state index is -4.34. The summed E-state index contributed by atoms with van der Waals surface area (Å²) in [4.78, 5) is 2.14. The predicted molar refractivity (Wildman–Crippen MR) is 86.9 cm³/mol. The Hall–Kier alpha value is -2.01. The zero-order valence-electron chi connectivity index (χ0n) is 13.3. The third-order valence-corrected chi connectivity index (χ3v) is 4.43. The van der Waals surface area contributed by atoms with Crippen molar-refractivity contribution in [3.63, 3.8) is 0 Å². The number of alkyl halides is 3. The van der Waals surface area contributed by atoms with Gasteiger partial charge in [-0.2, -0.15) is 13.2 Å². The van der Waals surface area contributed by atoms with Gasteiger partial charge in [0.2, 0.25) is 0 Å². The zero-order chi connectivity index (χ0) is 17.0. The summed E-state index contributed by atoms with van der Waals surface area (Å²) < 4.78 is 43.7. The fourth-order valence-corrected chi connectivity index (χ4v) is 3.05. The van der Waals surface area contributed by atoms with E-state index in [-0.39, 0.29) is 5.75 Å². The van der Waals surface area contributed by atoms with Crippen molar-refractivity contribution in [1.29, 1.82) is 0 Å². The summed E-state index contributed by atoms with van der Waals surface area (Å²) in [5.74, 6) is 0.811. The lowest BCUT2D eigenvalue weighted by atomic mass is 9.90. The van der Waals surface area contributed by atoms with E-state index >= 15 is 0 Å². The SMILES string of the molecule is FC(F)(F)c1cccc(OCN2CCC(c3ccccc3)CC2)c1. The van der Waals surface area contributed by atoms with Crippen LogP contribution in [0.4, 0.5) is 13.2 Å². The first-order chi connectivity index (χ1) is 11.5. The molecule has 1 heterocycles. The van der Waals surface area contributed by atoms with Crippen LogP contribution in [0.1, 0.15) is 29.9 Å². The maximum atomic E-state index is 12.7. The molecule has 1 saturated heterocycles. The number of rotatable bonds is 4. The van der Waals surface area contributed by atoms with E-state index < -0.39 is 11.7 Å². The maximum absolute atomic E-state index is 12.7. The third kappa shape index (κ3) is 4.29. The Labute approximate surface area is 139 Å². The van der Waals surface area contributed by atoms with Gasteiger partial charge < -0.3 is 4.74 Å². The molecular weight excluding hydrogens is 315 g/mol. The largest absolute Gasteiger partial charge is 0.478 e. The van der Waals surface area contributed by atoms with Crippen LogP contribution in [-0.4, -0.2) is 24.7 Å². The molecule has 24 heavy (non-hydrogen) atoms. The van der Waals surface area contributed by atoms with Crippen LogP contribution in [0, 0.1) is 0 Å². The van der Waals surface area contributed by atoms with E-state index in [1.165, 1.54) is 11.6 Å². The van der Waals surface area contributed by atoms with Gasteiger partial charge in [0.05, 0.1) is 5.56 Å². The second kappa shape index (κ2) is 7.26. The molecule has 0 aliphatic carbocycles. The number of halogens is 3. The minimum Gasteiger partial charge on any atom is -0.478 e. The van der Waals surface area contributed by atoms with Crippen LogP contribution >= 0.6 is 0 Å². The van der Waals surface area contributed by atoms with Crippen molar-refractivity contribution in [3.8, 4) is 5.75 Å². The lowest BCUT2D eigenvalue weighted by Crippen LogP contribution is -2.35. The highest BCUT2D eigenvalue weighted by molar-refractivity contribution is 5.30. The fourth-order valence-electron chi connectivity index (χ4n) is 3.05. The van der Waals surface area contributed by atoms with E-state index in [2.05, 4.69) is 29.2 Å². The first-order valence-corrected chi connectivity index (χ1v) is 8.10. The van der Waals surface area contributed by atoms with Crippen LogP contribution in [0.15, 0.2) is 54.6 Å². The summed E-state index contributed by atoms with van der Waals surface area (Å²) in [5.41, 5.74) is 0.679. The summed E-state index contributed by atoms with van der Waals surface area (Å²) in [6.45, 7) is 2.10. The third-order valence-electron chi connectivity index (χ3n) is 4.43. The smallest absolute Gasteiger partial charge is 0.416 e. The molecule has 0 saturated carbocycles. The minimum absolute atomic E-state index is 0.259. The van der Waals surface area contributed by atoms with Crippen molar-refractivity contribution in [3.05, 3.63) is 65.7 Å². The van der Waals surface area contributed by atoms with Gasteiger partial charge in [-0.05, 0) is 42.5 Å². The number of hydrogen-bond acceptors (Lipinski definition) is 2. The fraction of sp³-hybridized carbons (Fsp3) is 0.368. The first-order valence-electron chi connectivity index (χ1n) is 8.10. The van der Waals surface area contributed by atoms with Gasteiger partial charge in [0.15, 0.2) is 0 Å². The van der Waals surface area contributed by atoms with Crippen molar-refractivity contribution in [2.75, 3.05) is 19.8 Å². The molecule has 2 aromatic rings. The van der Waals surface area contributed by atoms with Gasteiger partial charge in [-0.25, -0.2) is 0 Å². The Balaban J connectivity index is 1.50. The molecule has 2 nitrogen and oxygen atoms in total. The van der Waals surface area contributed by atoms with Gasteiger partial charge in [0.25, 0.3) is 0 Å². The average Bonchev–Trinajstić information content (AvgIpc) is 2.61. The molecule has 128 valence electrons. The highest BCUT2D eigenvalue weighted by atomic mass is 19.4. The highest BCUT2D eigenvalue weighted by Crippen LogP contribution is 2.31. The van der Waals surface area contributed by atoms with Crippen LogP contribution in [0.25, 0.3) is 0 Å². The lowest BCUT2D eigenvalue weighted by Gasteiger charge is -2.31. The number of benzene rings is 2. The number of hydrogen-bond donors (Lipinski definition) is 0. The molecular formula is C19H20F3NO. The topological polar surface area (TPSA) is 12.5 Å². The molecule has 1 aliphatic rings. The second-order valence-electron chi connectivity index (χ2n) is 6.10. The van der Waals surface area contributed by atoms with Gasteiger partial charge >= 0.3 is 6.18 Å². The molecule has 0 atom stereocenters. The summed E-state index contributed by atoms with van der Waals surface area (Å²) in [7, 11) is 0. The van der Waals surface area contributed by atoms with Crippen molar-refractivity contribution in [2.24, 2.45) is 0 Å². The Morgan fingerprint density at radius 2 is 1.67 bits per heavy atom. The molecule has 1 aliphatic heterocycles. The predicted octanol–water partition coefficient (Wildman–Crippen LogP) is 4.92. The Morgan fingerprint density at radius 3 is 2.33 bits per heavy atom. The number of ether oxygens (including phenoxy) is 1. The van der Waals surface area contributed by atoms with E-state index in [1.807, 2.05) is 6.07 Å². The first kappa shape index (κ1) is 16.8. The van der Waals surface area contributed by atoms with Crippen LogP contribution in [0.5, 0.6) is 5.75 Å². The molecule has 0 amide bonds. The number of piperidine rings is 1. The Kier molecular flexibility index (Phi) is 5.09. The van der Waals surface area contributed by atoms with Crippen LogP contribution in [-0.2, 0) is 6.18 Å². The normalized spacial score (nSPS) is 17.0. The molecule has 0 radical (unpaired) electrons. The summed E-state index contributed by atoms with van der Waals surface area (Å²) in [6, 6.07) is 15.5. The molecule has 5 heteroatoms. The second-order valence-corrected chi connectivity index (χ2v) is 6.10. The quantitative estimate of drug-likeness (QED) is 0.786. The molecule has 2 aromatic carbocycles. The number of nitrogens with zero attached hydrogens (tertiary/aromatic N) is 1. The monoisotopic (exact) mass is 335 g/mol. The zero-order valence-corrected chi connectivity index (χ0v) is 13.3. The molecule has 0 N–H and O–H groups in total. The summed E-state index contributed by atoms with van der Waals surface area (Å²) >= 11 is 0. The Bertz CT molecular complexity index is 649. The van der Waals surface area contributed by atoms with Gasteiger partial charge in [0, 0.05) is 13.1 Å². The highest BCUT2D eigenvalue weighted by Gasteiger charge is 2.30. The van der Waals surface area contributed by atoms with Gasteiger partial charge in [0.1, 0.15) is 12.5 Å². The summed E-state index contributed by atoms with van der Waals surface area (Å²) in [5, 5.41) is 0. The van der Waals surface area contributed by atoms with Crippen LogP contribution < -0.4 is 4.74 Å². The van der Waals surface area contributed by atoms with E-state index in [1.54, 1.807) is 6.07 Å². The summed E-state index contributed by atoms with van der Waals surface area (Å²) in [6.07, 6.45) is -2.26. The maximum Gasteiger partial charge on any atom is 0.416 e. The lowest BCUT2D eigenvalue weighted by molar-refractivity contribution is -0.137. The van der Waals surface area contributed by atoms with Crippen LogP contribution in [0.3, 0.4) is 0 Å². The van der Waals surface area contributed by atoms with Crippen molar-refractivity contribution >= 4 is 0 Å². The van der Waals surface area contributed by atoms with E-state index in [0.717, 1.165) is 38.1 Å². The van der Waals surface area contributed by atoms with Gasteiger partial charge in [-0.3, -0.25) is 4.90 Å². The van der Waals surface area contributed by atoms with Gasteiger partial charge in [-0.1, -0.05) is 36.4 Å². The van der Waals surface area contributed by atoms with Crippen LogP contribution in [0.2, 0.25) is 0 Å². The molecule has 0 unspecified atom stereocenters. The van der Waals surface area contributed by atoms with E-state index in [9.17, 15) is 13.2 Å². The van der Waals surface area contributed by atoms with E-state index in [0.29, 0.717) is 12.6 Å². The van der Waals surface area contributed by atoms with E-state index in [4.69, 9.17) is 4.74 Å². The molecule has 3 rings (SSSR count). The molecule has 0 bridgehead atoms. The average molecular weight is 335 g/mol. The molecule has 1 fully saturated rings. The standard InChI is InChI=1S/C19H20F3NO/c20-19(21,22)17-7-4-8-18(13-17)24-14-23-11-9-16(10-12-23)15-5-2-1-3-6-15/h1-8,13,16H,9-12,14H2. The van der Waals surface area contributed by atoms with Crippen molar-refractivity contribution in [2.45, 2.75) is 24.9 Å². The molecule has 0 spiro atoms.